The second kappa shape index (κ2) is 23.4. The molecule has 2 aromatic heterocycles. The molecule has 5 heterocycles. The second-order valence-electron chi connectivity index (χ2n) is 16.3. The molecule has 3 aliphatic heterocycles. The van der Waals surface area contributed by atoms with Crippen LogP contribution in [0, 0.1) is 17.2 Å². The number of carbonyl (C=O) groups excluding carboxylic acids is 4. The van der Waals surface area contributed by atoms with E-state index in [1.807, 2.05) is 18.0 Å². The van der Waals surface area contributed by atoms with E-state index in [0.29, 0.717) is 41.4 Å². The summed E-state index contributed by atoms with van der Waals surface area (Å²) in [6, 6.07) is 8.75. The summed E-state index contributed by atoms with van der Waals surface area (Å²) in [7, 11) is 4.40. The summed E-state index contributed by atoms with van der Waals surface area (Å²) in [4.78, 5) is 63.8. The molecule has 24 nitrogen and oxygen atoms in total. The van der Waals surface area contributed by atoms with E-state index in [2.05, 4.69) is 32.8 Å². The van der Waals surface area contributed by atoms with Gasteiger partial charge in [-0.1, -0.05) is 6.92 Å². The minimum Gasteiger partial charge on any atom is -0.491 e. The van der Waals surface area contributed by atoms with Crippen molar-refractivity contribution in [3.05, 3.63) is 42.9 Å². The fourth-order valence-corrected chi connectivity index (χ4v) is 8.38. The maximum atomic E-state index is 13.4. The summed E-state index contributed by atoms with van der Waals surface area (Å²) in [5.74, 6) is -0.0892. The van der Waals surface area contributed by atoms with Crippen molar-refractivity contribution in [1.82, 2.24) is 30.1 Å². The lowest BCUT2D eigenvalue weighted by atomic mass is 9.92. The SMILES string of the molecule is CO[C@@H]1OC(CO)[C@@H](O)[C@H](O[C@@H]2OC(C(=O)NCCOCCOc3ccc(NC(=O)n4ccc5c(N(C)[C@H]6CN(C(=O)CC#N)CC[C@H]6C)ncnc54)cc3)[C@@H](OC)[C@H](O)C2O)C1NC(C)=O. The molecule has 4 amide bonds. The Balaban J connectivity index is 0.950. The molecule has 24 heteroatoms. The van der Waals surface area contributed by atoms with Gasteiger partial charge in [0.25, 0.3) is 5.91 Å². The van der Waals surface area contributed by atoms with Gasteiger partial charge < -0.3 is 79.3 Å². The van der Waals surface area contributed by atoms with Crippen molar-refractivity contribution in [3.8, 4) is 11.8 Å². The Bertz CT molecular complexity index is 2190. The summed E-state index contributed by atoms with van der Waals surface area (Å²) in [6.07, 6.45) is -9.68. The molecule has 1 aromatic carbocycles. The molecule has 7 N–H and O–H groups in total. The Hall–Kier alpha value is -5.59. The topological polar surface area (TPSA) is 311 Å². The van der Waals surface area contributed by atoms with Gasteiger partial charge in [-0.2, -0.15) is 5.26 Å². The van der Waals surface area contributed by atoms with Crippen LogP contribution in [0.5, 0.6) is 5.75 Å². The van der Waals surface area contributed by atoms with E-state index in [-0.39, 0.29) is 50.7 Å². The highest BCUT2D eigenvalue weighted by Crippen LogP contribution is 2.32. The number of hydrogen-bond donors (Lipinski definition) is 7. The Morgan fingerprint density at radius 1 is 0.970 bits per heavy atom. The number of fused-ring (bicyclic) bond motifs is 1. The van der Waals surface area contributed by atoms with E-state index in [9.17, 15) is 39.6 Å². The number of likely N-dealkylation sites (N-methyl/N-ethyl adjacent to an activating group) is 1. The third kappa shape index (κ3) is 11.9. The maximum absolute atomic E-state index is 13.4. The van der Waals surface area contributed by atoms with Crippen LogP contribution >= 0.6 is 0 Å². The summed E-state index contributed by atoms with van der Waals surface area (Å²) in [5.41, 5.74) is 0.901. The second-order valence-corrected chi connectivity index (χ2v) is 16.3. The van der Waals surface area contributed by atoms with Crippen molar-refractivity contribution in [1.29, 1.82) is 5.26 Å². The third-order valence-corrected chi connectivity index (χ3v) is 12.0. The smallest absolute Gasteiger partial charge is 0.331 e. The highest BCUT2D eigenvalue weighted by atomic mass is 16.7. The molecule has 0 saturated carbocycles. The van der Waals surface area contributed by atoms with Gasteiger partial charge >= 0.3 is 6.03 Å². The van der Waals surface area contributed by atoms with Crippen molar-refractivity contribution in [3.63, 3.8) is 0 Å². The number of ether oxygens (including phenoxy) is 7. The van der Waals surface area contributed by atoms with E-state index >= 15 is 0 Å². The number of aliphatic hydroxyl groups excluding tert-OH is 4. The lowest BCUT2D eigenvalue weighted by molar-refractivity contribution is -0.338. The molecule has 0 aliphatic carbocycles. The summed E-state index contributed by atoms with van der Waals surface area (Å²) in [5, 5.41) is 60.2. The molecule has 12 atom stereocenters. The molecular formula is C43H59N9O15. The fraction of sp³-hybridized carbons (Fsp3) is 0.605. The zero-order valence-electron chi connectivity index (χ0n) is 37.8. The quantitative estimate of drug-likeness (QED) is 0.0728. The molecule has 0 spiro atoms. The van der Waals surface area contributed by atoms with Crippen LogP contribution in [0.3, 0.4) is 0 Å². The number of nitrogens with zero attached hydrogens (tertiary/aromatic N) is 6. The number of hydrogen-bond acceptors (Lipinski definition) is 19. The average molecular weight is 942 g/mol. The third-order valence-electron chi connectivity index (χ3n) is 12.0. The van der Waals surface area contributed by atoms with Crippen molar-refractivity contribution in [2.24, 2.45) is 5.92 Å². The van der Waals surface area contributed by atoms with Gasteiger partial charge in [0.15, 0.2) is 24.3 Å². The molecule has 4 unspecified atom stereocenters. The number of likely N-dealkylation sites (tertiary alicyclic amines) is 1. The van der Waals surface area contributed by atoms with Crippen LogP contribution in [0.25, 0.3) is 11.0 Å². The predicted molar refractivity (Wildman–Crippen MR) is 233 cm³/mol. The molecule has 366 valence electrons. The van der Waals surface area contributed by atoms with Gasteiger partial charge in [-0.3, -0.25) is 19.0 Å². The summed E-state index contributed by atoms with van der Waals surface area (Å²) in [6.45, 7) is 4.10. The number of carbonyl (C=O) groups is 4. The van der Waals surface area contributed by atoms with Crippen LogP contribution in [-0.2, 0) is 42.8 Å². The first kappa shape index (κ1) is 50.8. The van der Waals surface area contributed by atoms with Gasteiger partial charge in [0.2, 0.25) is 11.8 Å². The van der Waals surface area contributed by atoms with Crippen molar-refractivity contribution in [2.45, 2.75) is 94.1 Å². The number of anilines is 2. The molecule has 6 rings (SSSR count). The Kier molecular flexibility index (Phi) is 17.8. The van der Waals surface area contributed by atoms with Gasteiger partial charge in [0.05, 0.1) is 37.3 Å². The monoisotopic (exact) mass is 941 g/mol. The first-order valence-electron chi connectivity index (χ1n) is 21.7. The van der Waals surface area contributed by atoms with E-state index in [1.54, 1.807) is 41.4 Å². The number of benzene rings is 1. The zero-order chi connectivity index (χ0) is 48.4. The number of nitriles is 1. The van der Waals surface area contributed by atoms with Crippen LogP contribution in [-0.4, -0.2) is 198 Å². The van der Waals surface area contributed by atoms with Crippen LogP contribution in [0.1, 0.15) is 26.7 Å². The van der Waals surface area contributed by atoms with Gasteiger partial charge in [0, 0.05) is 59.7 Å². The van der Waals surface area contributed by atoms with Crippen LogP contribution in [0.15, 0.2) is 42.9 Å². The molecule has 3 aliphatic rings. The number of aliphatic hydroxyl groups is 4. The van der Waals surface area contributed by atoms with Gasteiger partial charge in [-0.05, 0) is 42.7 Å². The van der Waals surface area contributed by atoms with E-state index in [0.717, 1.165) is 6.42 Å². The first-order chi connectivity index (χ1) is 32.2. The molecule has 3 saturated heterocycles. The number of amides is 4. The molecular weight excluding hydrogens is 883 g/mol. The number of nitrogens with one attached hydrogen (secondary N) is 3. The molecule has 3 aromatic rings. The van der Waals surface area contributed by atoms with Gasteiger partial charge in [0.1, 0.15) is 73.6 Å². The van der Waals surface area contributed by atoms with Crippen molar-refractivity contribution < 1.29 is 72.8 Å². The van der Waals surface area contributed by atoms with Gasteiger partial charge in [-0.15, -0.1) is 0 Å². The largest absolute Gasteiger partial charge is 0.491 e. The number of aromatic nitrogens is 3. The zero-order valence-corrected chi connectivity index (χ0v) is 37.8. The lowest BCUT2D eigenvalue weighted by Crippen LogP contribution is -2.68. The number of methoxy groups -OCH3 is 2. The molecule has 67 heavy (non-hydrogen) atoms. The van der Waals surface area contributed by atoms with Crippen LogP contribution in [0.2, 0.25) is 0 Å². The van der Waals surface area contributed by atoms with Crippen LogP contribution in [0.4, 0.5) is 16.3 Å². The predicted octanol–water partition coefficient (Wildman–Crippen LogP) is -1.31. The van der Waals surface area contributed by atoms with E-state index in [1.165, 1.54) is 32.0 Å². The molecule has 3 fully saturated rings. The minimum absolute atomic E-state index is 0.0102. The first-order valence-corrected chi connectivity index (χ1v) is 21.7. The summed E-state index contributed by atoms with van der Waals surface area (Å²) < 4.78 is 40.6. The summed E-state index contributed by atoms with van der Waals surface area (Å²) >= 11 is 0. The normalized spacial score (nSPS) is 28.6. The van der Waals surface area contributed by atoms with Crippen molar-refractivity contribution >= 4 is 46.3 Å². The fourth-order valence-electron chi connectivity index (χ4n) is 8.38. The Labute approximate surface area is 386 Å². The highest BCUT2D eigenvalue weighted by Gasteiger charge is 2.53. The van der Waals surface area contributed by atoms with E-state index < -0.39 is 85.8 Å². The maximum Gasteiger partial charge on any atom is 0.331 e. The average Bonchev–Trinajstić information content (AvgIpc) is 3.76. The Morgan fingerprint density at radius 3 is 2.42 bits per heavy atom. The minimum atomic E-state index is -1.76. The van der Waals surface area contributed by atoms with Crippen LogP contribution < -0.4 is 25.6 Å². The molecule has 0 bridgehead atoms. The van der Waals surface area contributed by atoms with Crippen molar-refractivity contribution in [2.75, 3.05) is 77.5 Å². The lowest BCUT2D eigenvalue weighted by Gasteiger charge is -2.47. The number of rotatable bonds is 18. The Morgan fingerprint density at radius 2 is 1.73 bits per heavy atom. The molecule has 0 radical (unpaired) electrons. The van der Waals surface area contributed by atoms with Gasteiger partial charge in [-0.25, -0.2) is 14.8 Å². The standard InChI is InChI=1S/C43H59N9O15/c1-23-11-15-51(30(55)10-13-44)20-28(23)50(3)38-27-12-16-52(39(27)47-22-46-38)43(60)49-25-6-8-26(9-7-25)64-19-18-63-17-14-45-40(59)37-36(61-4)33(57)34(58)42(67-37)66-35-31(48-24(2)54)41(62-5)65-29(21-53)32(35)56/h6-9,12,16,22-23,28-29,31-37,41-42,53,56-58H,10-11,14-15,17-21H2,1-5H3,(H,45,59)(H,48,54)(H,49,60)/t23-,28+,29?,31?,32-,33-,34?,35-,36+,37?,41-,42-/m1/s1. The number of piperidine rings is 1. The van der Waals surface area contributed by atoms with E-state index in [4.69, 9.17) is 38.4 Å². The highest BCUT2D eigenvalue weighted by molar-refractivity contribution is 6.00.